The Morgan fingerprint density at radius 2 is 1.34 bits per heavy atom. The molecule has 2 saturated heterocycles. The van der Waals surface area contributed by atoms with E-state index in [9.17, 15) is 0 Å². The van der Waals surface area contributed by atoms with Crippen molar-refractivity contribution in [2.45, 2.75) is 104 Å². The third-order valence-corrected chi connectivity index (χ3v) is 8.53. The zero-order valence-corrected chi connectivity index (χ0v) is 19.5. The third-order valence-electron chi connectivity index (χ3n) is 8.53. The van der Waals surface area contributed by atoms with Crippen molar-refractivity contribution in [3.8, 4) is 0 Å². The van der Waals surface area contributed by atoms with Crippen LogP contribution in [0.25, 0.3) is 0 Å². The number of allylic oxidation sites excluding steroid dienone is 4. The molecule has 4 aliphatic rings. The fourth-order valence-electron chi connectivity index (χ4n) is 6.17. The van der Waals surface area contributed by atoms with E-state index < -0.39 is 0 Å². The van der Waals surface area contributed by atoms with Gasteiger partial charge in [-0.15, -0.1) is 0 Å². The number of nitrogens with zero attached hydrogens (tertiary/aromatic N) is 1. The molecule has 3 heteroatoms. The maximum absolute atomic E-state index is 6.40. The normalized spacial score (nSPS) is 40.3. The van der Waals surface area contributed by atoms with Gasteiger partial charge >= 0.3 is 0 Å². The molecule has 2 aliphatic heterocycles. The summed E-state index contributed by atoms with van der Waals surface area (Å²) in [6.45, 7) is 13.5. The fraction of sp³-hybridized carbons (Fsp3) is 0.846. The molecule has 164 valence electrons. The molecule has 0 bridgehead atoms. The van der Waals surface area contributed by atoms with Crippen LogP contribution in [0.3, 0.4) is 0 Å². The van der Waals surface area contributed by atoms with Crippen LogP contribution in [-0.4, -0.2) is 36.1 Å². The van der Waals surface area contributed by atoms with Gasteiger partial charge in [0.15, 0.2) is 0 Å². The van der Waals surface area contributed by atoms with E-state index in [4.69, 9.17) is 9.47 Å². The van der Waals surface area contributed by atoms with E-state index >= 15 is 0 Å². The topological polar surface area (TPSA) is 21.7 Å². The molecule has 6 atom stereocenters. The van der Waals surface area contributed by atoms with Crippen molar-refractivity contribution >= 4 is 0 Å². The molecule has 0 aromatic rings. The molecule has 4 rings (SSSR count). The average Bonchev–Trinajstić information content (AvgIpc) is 3.19. The molecule has 0 amide bonds. The van der Waals surface area contributed by atoms with Crippen molar-refractivity contribution in [3.05, 3.63) is 23.3 Å². The van der Waals surface area contributed by atoms with E-state index in [0.717, 1.165) is 37.9 Å². The van der Waals surface area contributed by atoms with Crippen LogP contribution in [0.1, 0.15) is 86.0 Å². The fourth-order valence-corrected chi connectivity index (χ4v) is 6.17. The van der Waals surface area contributed by atoms with Gasteiger partial charge in [0.2, 0.25) is 0 Å². The number of ether oxygens (including phenoxy) is 2. The summed E-state index contributed by atoms with van der Waals surface area (Å²) in [4.78, 5) is 2.63. The Hall–Kier alpha value is -0.640. The smallest absolute Gasteiger partial charge is 0.113 e. The van der Waals surface area contributed by atoms with Gasteiger partial charge in [-0.05, 0) is 95.8 Å². The number of hydrogen-bond donors (Lipinski definition) is 0. The molecule has 29 heavy (non-hydrogen) atoms. The first-order chi connectivity index (χ1) is 13.9. The van der Waals surface area contributed by atoms with E-state index in [0.29, 0.717) is 11.8 Å². The molecule has 2 heterocycles. The Labute approximate surface area is 178 Å². The van der Waals surface area contributed by atoms with Gasteiger partial charge < -0.3 is 9.47 Å². The van der Waals surface area contributed by atoms with Gasteiger partial charge in [-0.3, -0.25) is 0 Å². The molecule has 0 radical (unpaired) electrons. The summed E-state index contributed by atoms with van der Waals surface area (Å²) in [5.41, 5.74) is 3.22. The minimum absolute atomic E-state index is 0.0703. The minimum atomic E-state index is 0.0703. The Morgan fingerprint density at radius 3 is 1.72 bits per heavy atom. The summed E-state index contributed by atoms with van der Waals surface area (Å²) in [5, 5.41) is 0. The van der Waals surface area contributed by atoms with Gasteiger partial charge in [0.1, 0.15) is 12.5 Å². The van der Waals surface area contributed by atoms with Crippen molar-refractivity contribution in [3.63, 3.8) is 0 Å². The van der Waals surface area contributed by atoms with Crippen LogP contribution in [0.15, 0.2) is 23.3 Å². The van der Waals surface area contributed by atoms with Crippen molar-refractivity contribution in [1.29, 1.82) is 0 Å². The molecule has 3 nitrogen and oxygen atoms in total. The molecular formula is C26H43NO2. The highest BCUT2D eigenvalue weighted by Crippen LogP contribution is 2.43. The molecule has 2 aliphatic carbocycles. The van der Waals surface area contributed by atoms with Crippen molar-refractivity contribution in [1.82, 2.24) is 4.90 Å². The molecule has 0 spiro atoms. The number of fused-ring (bicyclic) bond motifs is 1. The van der Waals surface area contributed by atoms with Crippen molar-refractivity contribution < 1.29 is 9.47 Å². The summed E-state index contributed by atoms with van der Waals surface area (Å²) in [6, 6.07) is 0. The Bertz CT molecular complexity index is 589. The maximum atomic E-state index is 6.40. The molecular weight excluding hydrogens is 358 g/mol. The predicted molar refractivity (Wildman–Crippen MR) is 119 cm³/mol. The van der Waals surface area contributed by atoms with Gasteiger partial charge in [0, 0.05) is 0 Å². The largest absolute Gasteiger partial charge is 0.361 e. The maximum Gasteiger partial charge on any atom is 0.113 e. The highest BCUT2D eigenvalue weighted by atomic mass is 16.6. The highest BCUT2D eigenvalue weighted by Gasteiger charge is 2.53. The third kappa shape index (κ3) is 4.67. The van der Waals surface area contributed by atoms with Crippen LogP contribution in [0.4, 0.5) is 0 Å². The number of rotatable bonds is 6. The molecule has 2 fully saturated rings. The summed E-state index contributed by atoms with van der Waals surface area (Å²) in [6.07, 6.45) is 15.4. The van der Waals surface area contributed by atoms with Crippen LogP contribution >= 0.6 is 0 Å². The zero-order valence-electron chi connectivity index (χ0n) is 19.5. The lowest BCUT2D eigenvalue weighted by atomic mass is 9.79. The molecule has 0 N–H and O–H groups in total. The van der Waals surface area contributed by atoms with Crippen LogP contribution in [0.5, 0.6) is 0 Å². The monoisotopic (exact) mass is 401 g/mol. The van der Waals surface area contributed by atoms with Gasteiger partial charge in [0.05, 0.1) is 18.8 Å². The molecule has 6 unspecified atom stereocenters. The summed E-state index contributed by atoms with van der Waals surface area (Å²) in [5.74, 6) is 3.04. The van der Waals surface area contributed by atoms with Gasteiger partial charge in [-0.25, -0.2) is 4.90 Å². The molecule has 0 saturated carbocycles. The SMILES string of the molecule is CC1=CCC(C(C)CC2OCC3(C)COC(CC(C)C4CC=C(C)CC4)N23)CC1. The summed E-state index contributed by atoms with van der Waals surface area (Å²) < 4.78 is 12.8. The highest BCUT2D eigenvalue weighted by molar-refractivity contribution is 5.05. The van der Waals surface area contributed by atoms with Gasteiger partial charge in [0.25, 0.3) is 0 Å². The van der Waals surface area contributed by atoms with Crippen LogP contribution in [-0.2, 0) is 9.47 Å². The Morgan fingerprint density at radius 1 is 0.897 bits per heavy atom. The first-order valence-electron chi connectivity index (χ1n) is 12.2. The van der Waals surface area contributed by atoms with E-state index in [1.807, 2.05) is 0 Å². The van der Waals surface area contributed by atoms with Crippen LogP contribution in [0.2, 0.25) is 0 Å². The quantitative estimate of drug-likeness (QED) is 0.487. The first kappa shape index (κ1) is 21.6. The Kier molecular flexibility index (Phi) is 6.58. The van der Waals surface area contributed by atoms with Gasteiger partial charge in [-0.2, -0.15) is 0 Å². The van der Waals surface area contributed by atoms with E-state index in [1.165, 1.54) is 38.5 Å². The molecule has 0 aromatic carbocycles. The standard InChI is InChI=1S/C26H43NO2/c1-18-6-10-22(11-7-18)20(3)14-24-27-25(29-17-26(27,5)16-28-24)15-21(4)23-12-8-19(2)9-13-23/h6,8,20-25H,7,9-17H2,1-5H3. The first-order valence-corrected chi connectivity index (χ1v) is 12.2. The number of hydrogen-bond acceptors (Lipinski definition) is 3. The van der Waals surface area contributed by atoms with Crippen molar-refractivity contribution in [2.24, 2.45) is 23.7 Å². The minimum Gasteiger partial charge on any atom is -0.361 e. The van der Waals surface area contributed by atoms with E-state index in [1.54, 1.807) is 11.1 Å². The average molecular weight is 402 g/mol. The lowest BCUT2D eigenvalue weighted by Crippen LogP contribution is -2.48. The summed E-state index contributed by atoms with van der Waals surface area (Å²) in [7, 11) is 0. The second kappa shape index (κ2) is 8.85. The lowest BCUT2D eigenvalue weighted by molar-refractivity contribution is -0.0791. The second-order valence-corrected chi connectivity index (χ2v) is 11.0. The predicted octanol–water partition coefficient (Wildman–Crippen LogP) is 6.30. The van der Waals surface area contributed by atoms with Gasteiger partial charge in [-0.1, -0.05) is 37.1 Å². The van der Waals surface area contributed by atoms with E-state index in [-0.39, 0.29) is 18.0 Å². The van der Waals surface area contributed by atoms with Crippen LogP contribution in [0, 0.1) is 23.7 Å². The second-order valence-electron chi connectivity index (χ2n) is 11.0. The summed E-state index contributed by atoms with van der Waals surface area (Å²) >= 11 is 0. The zero-order chi connectivity index (χ0) is 20.6. The Balaban J connectivity index is 1.37. The molecule has 0 aromatic heterocycles. The lowest BCUT2D eigenvalue weighted by Gasteiger charge is -2.37. The van der Waals surface area contributed by atoms with Crippen molar-refractivity contribution in [2.75, 3.05) is 13.2 Å². The van der Waals surface area contributed by atoms with Crippen LogP contribution < -0.4 is 0 Å². The van der Waals surface area contributed by atoms with E-state index in [2.05, 4.69) is 51.7 Å².